The first-order chi connectivity index (χ1) is 17.7. The van der Waals surface area contributed by atoms with Gasteiger partial charge in [0.1, 0.15) is 0 Å². The van der Waals surface area contributed by atoms with Crippen LogP contribution in [-0.2, 0) is 22.6 Å². The summed E-state index contributed by atoms with van der Waals surface area (Å²) in [5.74, 6) is 0.570. The summed E-state index contributed by atoms with van der Waals surface area (Å²) in [5, 5.41) is 8.42. The van der Waals surface area contributed by atoms with E-state index in [1.54, 1.807) is 18.4 Å². The van der Waals surface area contributed by atoms with Crippen molar-refractivity contribution in [2.45, 2.75) is 50.7 Å². The summed E-state index contributed by atoms with van der Waals surface area (Å²) >= 11 is 1.81. The summed E-state index contributed by atoms with van der Waals surface area (Å²) in [7, 11) is 1.75. The average molecular weight is 502 g/mol. The number of fused-ring (bicyclic) bond motifs is 2. The standard InChI is InChI=1S/C30H35N3O2S/c1-35-16-6-15-32-18-21(23-7-2-4-9-28(23)32)19-33(22-11-12-22)30(34)26-17-31-14-13-24(26)27-20-36-29-10-5-3-8-25(27)29/h2-5,7-10,18,20,22,24,26,31H,6,11-17,19H2,1H3/t24-,26-/m0/s1. The van der Waals surface area contributed by atoms with Crippen LogP contribution in [0.25, 0.3) is 21.0 Å². The molecule has 6 heteroatoms. The third-order valence-corrected chi connectivity index (χ3v) is 8.92. The van der Waals surface area contributed by atoms with Crippen LogP contribution in [0.1, 0.15) is 42.7 Å². The molecule has 0 unspecified atom stereocenters. The molecule has 36 heavy (non-hydrogen) atoms. The number of aryl methyl sites for hydroxylation is 1. The molecule has 1 amide bonds. The quantitative estimate of drug-likeness (QED) is 0.296. The highest BCUT2D eigenvalue weighted by Crippen LogP contribution is 2.41. The molecule has 2 aromatic carbocycles. The second kappa shape index (κ2) is 10.4. The number of carbonyl (C=O) groups excluding carboxylic acids is 1. The second-order valence-electron chi connectivity index (χ2n) is 10.3. The molecule has 1 N–H and O–H groups in total. The maximum atomic E-state index is 14.2. The molecule has 2 aliphatic rings. The first kappa shape index (κ1) is 23.7. The third-order valence-electron chi connectivity index (χ3n) is 7.94. The van der Waals surface area contributed by atoms with Gasteiger partial charge in [0.25, 0.3) is 0 Å². The molecule has 0 bridgehead atoms. The lowest BCUT2D eigenvalue weighted by molar-refractivity contribution is -0.138. The van der Waals surface area contributed by atoms with Gasteiger partial charge in [-0.2, -0.15) is 0 Å². The summed E-state index contributed by atoms with van der Waals surface area (Å²) in [6, 6.07) is 17.6. The van der Waals surface area contributed by atoms with Crippen LogP contribution < -0.4 is 5.32 Å². The van der Waals surface area contributed by atoms with E-state index in [-0.39, 0.29) is 11.8 Å². The van der Waals surface area contributed by atoms with Crippen molar-refractivity contribution in [1.82, 2.24) is 14.8 Å². The number of piperidine rings is 1. The van der Waals surface area contributed by atoms with Gasteiger partial charge >= 0.3 is 0 Å². The Morgan fingerprint density at radius 1 is 1.11 bits per heavy atom. The van der Waals surface area contributed by atoms with E-state index >= 15 is 0 Å². The van der Waals surface area contributed by atoms with Crippen LogP contribution in [0.4, 0.5) is 0 Å². The molecule has 4 aromatic rings. The number of hydrogen-bond acceptors (Lipinski definition) is 4. The van der Waals surface area contributed by atoms with Gasteiger partial charge in [-0.3, -0.25) is 4.79 Å². The predicted molar refractivity (Wildman–Crippen MR) is 148 cm³/mol. The molecule has 188 valence electrons. The molecular formula is C30H35N3O2S. The summed E-state index contributed by atoms with van der Waals surface area (Å²) in [5.41, 5.74) is 3.86. The van der Waals surface area contributed by atoms with Crippen LogP contribution in [0.3, 0.4) is 0 Å². The number of amides is 1. The zero-order valence-corrected chi connectivity index (χ0v) is 21.8. The van der Waals surface area contributed by atoms with E-state index in [0.717, 1.165) is 51.9 Å². The summed E-state index contributed by atoms with van der Waals surface area (Å²) in [6.45, 7) is 4.09. The van der Waals surface area contributed by atoms with Crippen molar-refractivity contribution in [3.05, 3.63) is 71.2 Å². The number of ether oxygens (including phenoxy) is 1. The molecule has 0 spiro atoms. The number of nitrogens with zero attached hydrogens (tertiary/aromatic N) is 2. The van der Waals surface area contributed by atoms with Crippen molar-refractivity contribution in [2.75, 3.05) is 26.8 Å². The summed E-state index contributed by atoms with van der Waals surface area (Å²) in [4.78, 5) is 16.5. The Morgan fingerprint density at radius 3 is 2.75 bits per heavy atom. The lowest BCUT2D eigenvalue weighted by Crippen LogP contribution is -2.47. The van der Waals surface area contributed by atoms with Crippen molar-refractivity contribution < 1.29 is 9.53 Å². The van der Waals surface area contributed by atoms with Crippen molar-refractivity contribution >= 4 is 38.2 Å². The van der Waals surface area contributed by atoms with Crippen LogP contribution in [0.15, 0.2) is 60.1 Å². The van der Waals surface area contributed by atoms with Gasteiger partial charge in [0, 0.05) is 61.2 Å². The zero-order chi connectivity index (χ0) is 24.5. The molecule has 5 nitrogen and oxygen atoms in total. The van der Waals surface area contributed by atoms with E-state index in [4.69, 9.17) is 4.74 Å². The van der Waals surface area contributed by atoms with Gasteiger partial charge in [-0.15, -0.1) is 11.3 Å². The SMILES string of the molecule is COCCCn1cc(CN(C(=O)[C@H]2CNCC[C@@H]2c2csc3ccccc23)C2CC2)c2ccccc21. The van der Waals surface area contributed by atoms with Gasteiger partial charge in [0.2, 0.25) is 5.91 Å². The van der Waals surface area contributed by atoms with E-state index < -0.39 is 0 Å². The van der Waals surface area contributed by atoms with Crippen molar-refractivity contribution in [1.29, 1.82) is 0 Å². The monoisotopic (exact) mass is 501 g/mol. The minimum atomic E-state index is -0.0209. The highest BCUT2D eigenvalue weighted by Gasteiger charge is 2.41. The van der Waals surface area contributed by atoms with E-state index in [9.17, 15) is 4.79 Å². The van der Waals surface area contributed by atoms with Crippen molar-refractivity contribution in [2.24, 2.45) is 5.92 Å². The number of hydrogen-bond donors (Lipinski definition) is 1. The molecule has 1 saturated heterocycles. The van der Waals surface area contributed by atoms with Gasteiger partial charge in [-0.05, 0) is 72.2 Å². The van der Waals surface area contributed by atoms with Gasteiger partial charge in [0.05, 0.1) is 5.92 Å². The Balaban J connectivity index is 1.29. The molecule has 6 rings (SSSR count). The number of aromatic nitrogens is 1. The Labute approximate surface area is 217 Å². The van der Waals surface area contributed by atoms with Crippen LogP contribution in [-0.4, -0.2) is 48.2 Å². The van der Waals surface area contributed by atoms with E-state index in [2.05, 4.69) is 74.9 Å². The number of benzene rings is 2. The fourth-order valence-corrected chi connectivity index (χ4v) is 6.98. The first-order valence-electron chi connectivity index (χ1n) is 13.3. The zero-order valence-electron chi connectivity index (χ0n) is 21.0. The Hall–Kier alpha value is -2.67. The van der Waals surface area contributed by atoms with Crippen molar-refractivity contribution in [3.63, 3.8) is 0 Å². The minimum absolute atomic E-state index is 0.0209. The van der Waals surface area contributed by atoms with Gasteiger partial charge in [-0.1, -0.05) is 36.4 Å². The molecule has 2 atom stereocenters. The minimum Gasteiger partial charge on any atom is -0.385 e. The second-order valence-corrected chi connectivity index (χ2v) is 11.2. The summed E-state index contributed by atoms with van der Waals surface area (Å²) in [6.07, 6.45) is 6.49. The first-order valence-corrected chi connectivity index (χ1v) is 14.2. The van der Waals surface area contributed by atoms with E-state index in [0.29, 0.717) is 18.5 Å². The number of carbonyl (C=O) groups is 1. The molecule has 0 radical (unpaired) electrons. The molecule has 2 aromatic heterocycles. The van der Waals surface area contributed by atoms with Crippen LogP contribution >= 0.6 is 11.3 Å². The number of rotatable bonds is 9. The van der Waals surface area contributed by atoms with Gasteiger partial charge in [-0.25, -0.2) is 0 Å². The van der Waals surface area contributed by atoms with E-state index in [1.807, 2.05) is 0 Å². The fraction of sp³-hybridized carbons (Fsp3) is 0.433. The number of nitrogens with one attached hydrogen (secondary N) is 1. The Morgan fingerprint density at radius 2 is 1.92 bits per heavy atom. The highest BCUT2D eigenvalue weighted by atomic mass is 32.1. The number of thiophene rings is 1. The number of para-hydroxylation sites is 1. The van der Waals surface area contributed by atoms with Crippen molar-refractivity contribution in [3.8, 4) is 0 Å². The summed E-state index contributed by atoms with van der Waals surface area (Å²) < 4.78 is 8.93. The van der Waals surface area contributed by atoms with Crippen LogP contribution in [0.2, 0.25) is 0 Å². The molecule has 1 aliphatic heterocycles. The molecule has 1 aliphatic carbocycles. The Bertz CT molecular complexity index is 1350. The average Bonchev–Trinajstić information content (AvgIpc) is 3.58. The lowest BCUT2D eigenvalue weighted by atomic mass is 9.80. The maximum absolute atomic E-state index is 14.2. The molecule has 1 saturated carbocycles. The Kier molecular flexibility index (Phi) is 6.83. The molecule has 3 heterocycles. The lowest BCUT2D eigenvalue weighted by Gasteiger charge is -2.35. The van der Waals surface area contributed by atoms with Crippen LogP contribution in [0.5, 0.6) is 0 Å². The van der Waals surface area contributed by atoms with Gasteiger partial charge in [0.15, 0.2) is 0 Å². The van der Waals surface area contributed by atoms with Crippen LogP contribution in [0, 0.1) is 5.92 Å². The molecular weight excluding hydrogens is 466 g/mol. The number of methoxy groups -OCH3 is 1. The maximum Gasteiger partial charge on any atom is 0.228 e. The predicted octanol–water partition coefficient (Wildman–Crippen LogP) is 5.78. The van der Waals surface area contributed by atoms with E-state index in [1.165, 1.54) is 32.1 Å². The molecule has 2 fully saturated rings. The largest absolute Gasteiger partial charge is 0.385 e. The normalized spacial score (nSPS) is 20.2. The third kappa shape index (κ3) is 4.58. The highest BCUT2D eigenvalue weighted by molar-refractivity contribution is 7.17. The fourth-order valence-electron chi connectivity index (χ4n) is 5.96. The topological polar surface area (TPSA) is 46.5 Å². The van der Waals surface area contributed by atoms with Gasteiger partial charge < -0.3 is 19.5 Å². The smallest absolute Gasteiger partial charge is 0.228 e.